The average Bonchev–Trinajstić information content (AvgIpc) is 2.72. The van der Waals surface area contributed by atoms with E-state index in [-0.39, 0.29) is 18.2 Å². The largest absolute Gasteiger partial charge is 0.497 e. The molecule has 1 aliphatic heterocycles. The number of ether oxygens (including phenoxy) is 2. The third kappa shape index (κ3) is 5.02. The Labute approximate surface area is 178 Å². The molecule has 29 heavy (non-hydrogen) atoms. The molecule has 0 spiro atoms. The van der Waals surface area contributed by atoms with Crippen LogP contribution in [0.5, 0.6) is 11.5 Å². The molecule has 9 heteroatoms. The molecular formula is C20H20ClN3O4S. The molecule has 1 saturated heterocycles. The number of carbonyl (C=O) groups is 2. The maximum Gasteiger partial charge on any atom is 0.238 e. The number of hydrogen-bond donors (Lipinski definition) is 1. The van der Waals surface area contributed by atoms with Gasteiger partial charge in [0.1, 0.15) is 16.7 Å². The van der Waals surface area contributed by atoms with Crippen LogP contribution in [0.25, 0.3) is 0 Å². The molecule has 0 saturated carbocycles. The fraction of sp³-hybridized carbons (Fsp3) is 0.250. The standard InChI is InChI=1S/C20H20ClN3O4S/c1-24-18(25)11-17(19(26)22-12-4-7-14(27-2)8-5-12)29-20(24)23-13-6-9-16(28-3)15(21)10-13/h4-10,17H,11H2,1-3H3,(H,22,26). The lowest BCUT2D eigenvalue weighted by molar-refractivity contribution is -0.128. The molecule has 0 aliphatic carbocycles. The third-order valence-electron chi connectivity index (χ3n) is 4.28. The number of nitrogens with zero attached hydrogens (tertiary/aromatic N) is 2. The molecular weight excluding hydrogens is 414 g/mol. The van der Waals surface area contributed by atoms with Gasteiger partial charge in [0.2, 0.25) is 11.8 Å². The van der Waals surface area contributed by atoms with Gasteiger partial charge in [-0.1, -0.05) is 23.4 Å². The summed E-state index contributed by atoms with van der Waals surface area (Å²) in [6.45, 7) is 0. The van der Waals surface area contributed by atoms with E-state index in [2.05, 4.69) is 10.3 Å². The first kappa shape index (κ1) is 21.0. The monoisotopic (exact) mass is 433 g/mol. The van der Waals surface area contributed by atoms with Crippen molar-refractivity contribution in [2.24, 2.45) is 4.99 Å². The lowest BCUT2D eigenvalue weighted by Crippen LogP contribution is -2.43. The Kier molecular flexibility index (Phi) is 6.66. The maximum atomic E-state index is 12.7. The number of halogens is 1. The zero-order chi connectivity index (χ0) is 21.0. The van der Waals surface area contributed by atoms with Crippen LogP contribution in [0.4, 0.5) is 11.4 Å². The van der Waals surface area contributed by atoms with E-state index in [9.17, 15) is 9.59 Å². The number of thioether (sulfide) groups is 1. The zero-order valence-corrected chi connectivity index (χ0v) is 17.7. The Morgan fingerprint density at radius 2 is 1.93 bits per heavy atom. The number of rotatable bonds is 5. The van der Waals surface area contributed by atoms with Gasteiger partial charge in [0.15, 0.2) is 5.17 Å². The van der Waals surface area contributed by atoms with E-state index in [1.165, 1.54) is 23.8 Å². The first-order valence-corrected chi connectivity index (χ1v) is 9.97. The Hall–Kier alpha value is -2.71. The van der Waals surface area contributed by atoms with Crippen LogP contribution in [-0.2, 0) is 9.59 Å². The molecule has 152 valence electrons. The summed E-state index contributed by atoms with van der Waals surface area (Å²) in [6, 6.07) is 12.1. The van der Waals surface area contributed by atoms with Crippen LogP contribution in [0.2, 0.25) is 5.02 Å². The summed E-state index contributed by atoms with van der Waals surface area (Å²) in [5, 5.41) is 3.08. The molecule has 0 radical (unpaired) electrons. The van der Waals surface area contributed by atoms with Crippen molar-refractivity contribution in [2.75, 3.05) is 26.6 Å². The average molecular weight is 434 g/mol. The molecule has 2 aromatic rings. The second-order valence-corrected chi connectivity index (χ2v) is 7.77. The summed E-state index contributed by atoms with van der Waals surface area (Å²) in [5.41, 5.74) is 1.19. The van der Waals surface area contributed by atoms with E-state index >= 15 is 0 Å². The summed E-state index contributed by atoms with van der Waals surface area (Å²) >= 11 is 7.38. The number of amides is 2. The van der Waals surface area contributed by atoms with Crippen LogP contribution in [0.1, 0.15) is 6.42 Å². The summed E-state index contributed by atoms with van der Waals surface area (Å²) in [5.74, 6) is 0.784. The smallest absolute Gasteiger partial charge is 0.238 e. The van der Waals surface area contributed by atoms with Gasteiger partial charge in [-0.05, 0) is 42.5 Å². The van der Waals surface area contributed by atoms with E-state index in [1.807, 2.05) is 0 Å². The van der Waals surface area contributed by atoms with E-state index in [1.54, 1.807) is 56.6 Å². The van der Waals surface area contributed by atoms with Crippen molar-refractivity contribution in [2.45, 2.75) is 11.7 Å². The van der Waals surface area contributed by atoms with Gasteiger partial charge in [-0.3, -0.25) is 14.5 Å². The van der Waals surface area contributed by atoms with Crippen LogP contribution in [-0.4, -0.2) is 48.4 Å². The SMILES string of the molecule is COc1ccc(NC(=O)C2CC(=O)N(C)C(=Nc3ccc(OC)c(Cl)c3)S2)cc1. The van der Waals surface area contributed by atoms with E-state index in [0.717, 1.165) is 0 Å². The van der Waals surface area contributed by atoms with E-state index in [0.29, 0.717) is 33.1 Å². The maximum absolute atomic E-state index is 12.7. The number of hydrogen-bond acceptors (Lipinski definition) is 6. The second kappa shape index (κ2) is 9.19. The number of nitrogens with one attached hydrogen (secondary N) is 1. The zero-order valence-electron chi connectivity index (χ0n) is 16.1. The normalized spacial score (nSPS) is 17.9. The molecule has 1 atom stereocenters. The number of anilines is 1. The van der Waals surface area contributed by atoms with Gasteiger partial charge in [0.05, 0.1) is 24.9 Å². The van der Waals surface area contributed by atoms with Gasteiger partial charge >= 0.3 is 0 Å². The second-order valence-electron chi connectivity index (χ2n) is 6.19. The fourth-order valence-corrected chi connectivity index (χ4v) is 3.95. The minimum atomic E-state index is -0.590. The molecule has 1 aliphatic rings. The lowest BCUT2D eigenvalue weighted by atomic mass is 10.2. The van der Waals surface area contributed by atoms with Gasteiger partial charge in [0, 0.05) is 19.2 Å². The predicted octanol–water partition coefficient (Wildman–Crippen LogP) is 3.95. The number of carbonyl (C=O) groups excluding carboxylic acids is 2. The van der Waals surface area contributed by atoms with Crippen molar-refractivity contribution in [3.05, 3.63) is 47.5 Å². The molecule has 2 amide bonds. The molecule has 1 unspecified atom stereocenters. The summed E-state index contributed by atoms with van der Waals surface area (Å²) in [7, 11) is 4.74. The summed E-state index contributed by atoms with van der Waals surface area (Å²) in [4.78, 5) is 31.0. The van der Waals surface area contributed by atoms with Crippen LogP contribution in [0, 0.1) is 0 Å². The number of benzene rings is 2. The van der Waals surface area contributed by atoms with Crippen molar-refractivity contribution in [3.8, 4) is 11.5 Å². The first-order chi connectivity index (χ1) is 13.9. The van der Waals surface area contributed by atoms with Crippen LogP contribution < -0.4 is 14.8 Å². The summed E-state index contributed by atoms with van der Waals surface area (Å²) in [6.07, 6.45) is 0.0888. The highest BCUT2D eigenvalue weighted by Crippen LogP contribution is 2.32. The highest BCUT2D eigenvalue weighted by atomic mass is 35.5. The van der Waals surface area contributed by atoms with Crippen molar-refractivity contribution in [1.29, 1.82) is 0 Å². The first-order valence-electron chi connectivity index (χ1n) is 8.71. The van der Waals surface area contributed by atoms with Crippen molar-refractivity contribution in [1.82, 2.24) is 4.90 Å². The quantitative estimate of drug-likeness (QED) is 0.772. The molecule has 3 rings (SSSR count). The van der Waals surface area contributed by atoms with E-state index in [4.69, 9.17) is 21.1 Å². The van der Waals surface area contributed by atoms with Gasteiger partial charge in [-0.15, -0.1) is 0 Å². The number of methoxy groups -OCH3 is 2. The minimum Gasteiger partial charge on any atom is -0.497 e. The van der Waals surface area contributed by atoms with Gasteiger partial charge in [0.25, 0.3) is 0 Å². The Morgan fingerprint density at radius 1 is 1.21 bits per heavy atom. The molecule has 0 aromatic heterocycles. The predicted molar refractivity (Wildman–Crippen MR) is 115 cm³/mol. The molecule has 2 aromatic carbocycles. The topological polar surface area (TPSA) is 80.2 Å². The fourth-order valence-electron chi connectivity index (χ4n) is 2.63. The Morgan fingerprint density at radius 3 is 2.55 bits per heavy atom. The Balaban J connectivity index is 1.76. The molecule has 0 bridgehead atoms. The third-order valence-corrected chi connectivity index (χ3v) is 5.82. The highest BCUT2D eigenvalue weighted by Gasteiger charge is 2.34. The van der Waals surface area contributed by atoms with E-state index < -0.39 is 5.25 Å². The van der Waals surface area contributed by atoms with Crippen molar-refractivity contribution in [3.63, 3.8) is 0 Å². The molecule has 1 fully saturated rings. The van der Waals surface area contributed by atoms with Crippen LogP contribution in [0.3, 0.4) is 0 Å². The van der Waals surface area contributed by atoms with Crippen molar-refractivity contribution >= 4 is 51.7 Å². The Bertz CT molecular complexity index is 949. The number of aliphatic imine (C=N–C) groups is 1. The number of amidine groups is 1. The molecule has 1 heterocycles. The lowest BCUT2D eigenvalue weighted by Gasteiger charge is -2.28. The van der Waals surface area contributed by atoms with Gasteiger partial charge in [-0.25, -0.2) is 4.99 Å². The summed E-state index contributed by atoms with van der Waals surface area (Å²) < 4.78 is 10.2. The highest BCUT2D eigenvalue weighted by molar-refractivity contribution is 8.15. The van der Waals surface area contributed by atoms with Crippen LogP contribution in [0.15, 0.2) is 47.5 Å². The minimum absolute atomic E-state index is 0.0888. The van der Waals surface area contributed by atoms with Crippen molar-refractivity contribution < 1.29 is 19.1 Å². The van der Waals surface area contributed by atoms with Gasteiger partial charge in [-0.2, -0.15) is 0 Å². The molecule has 1 N–H and O–H groups in total. The van der Waals surface area contributed by atoms with Gasteiger partial charge < -0.3 is 14.8 Å². The molecule has 7 nitrogen and oxygen atoms in total. The van der Waals surface area contributed by atoms with Crippen LogP contribution >= 0.6 is 23.4 Å².